The number of anilines is 1. The van der Waals surface area contributed by atoms with Crippen molar-refractivity contribution in [3.05, 3.63) is 72.6 Å². The summed E-state index contributed by atoms with van der Waals surface area (Å²) in [5, 5.41) is 7.21. The van der Waals surface area contributed by atoms with E-state index in [-0.39, 0.29) is 17.9 Å². The van der Waals surface area contributed by atoms with Crippen LogP contribution in [0.5, 0.6) is 11.5 Å². The van der Waals surface area contributed by atoms with E-state index < -0.39 is 6.04 Å². The van der Waals surface area contributed by atoms with Gasteiger partial charge in [0, 0.05) is 30.2 Å². The van der Waals surface area contributed by atoms with Gasteiger partial charge in [-0.2, -0.15) is 5.10 Å². The molecule has 8 heteroatoms. The van der Waals surface area contributed by atoms with Crippen LogP contribution in [0.15, 0.2) is 67.0 Å². The number of benzene rings is 2. The summed E-state index contributed by atoms with van der Waals surface area (Å²) in [4.78, 5) is 29.1. The lowest BCUT2D eigenvalue weighted by atomic mass is 9.84. The topological polar surface area (TPSA) is 85.7 Å². The molecule has 0 bridgehead atoms. The van der Waals surface area contributed by atoms with E-state index in [0.29, 0.717) is 48.2 Å². The van der Waals surface area contributed by atoms with Crippen LogP contribution in [-0.2, 0) is 11.3 Å². The van der Waals surface area contributed by atoms with Crippen LogP contribution in [0.3, 0.4) is 0 Å². The monoisotopic (exact) mass is 488 g/mol. The summed E-state index contributed by atoms with van der Waals surface area (Å²) in [5.41, 5.74) is 1.15. The van der Waals surface area contributed by atoms with E-state index >= 15 is 0 Å². The van der Waals surface area contributed by atoms with Gasteiger partial charge in [-0.15, -0.1) is 0 Å². The number of rotatable bonds is 8. The number of aromatic nitrogens is 2. The van der Waals surface area contributed by atoms with Crippen molar-refractivity contribution < 1.29 is 19.1 Å². The molecule has 2 aliphatic rings. The van der Waals surface area contributed by atoms with Gasteiger partial charge in [-0.1, -0.05) is 31.0 Å². The highest BCUT2D eigenvalue weighted by atomic mass is 16.5. The zero-order valence-electron chi connectivity index (χ0n) is 20.5. The van der Waals surface area contributed by atoms with Gasteiger partial charge in [-0.05, 0) is 55.5 Å². The molecule has 1 aromatic heterocycles. The first-order valence-corrected chi connectivity index (χ1v) is 12.6. The third kappa shape index (κ3) is 5.08. The fourth-order valence-electron chi connectivity index (χ4n) is 5.53. The Kier molecular flexibility index (Phi) is 7.21. The molecule has 1 saturated carbocycles. The first-order chi connectivity index (χ1) is 17.6. The van der Waals surface area contributed by atoms with Gasteiger partial charge in [-0.25, -0.2) is 0 Å². The van der Waals surface area contributed by atoms with E-state index in [9.17, 15) is 9.59 Å². The van der Waals surface area contributed by atoms with Crippen LogP contribution in [0, 0.1) is 5.92 Å². The maximum atomic E-state index is 13.8. The number of likely N-dealkylation sites (tertiary alicyclic amines) is 1. The summed E-state index contributed by atoms with van der Waals surface area (Å²) in [6, 6.07) is 16.0. The number of fused-ring (bicyclic) bond motifs is 1. The molecule has 2 heterocycles. The SMILES string of the molecule is COc1ccccc1C(=O)N1C(C(=O)Nc2cccc(OCCn3cccn3)c2)CC2CCCCC21. The van der Waals surface area contributed by atoms with Crippen LogP contribution in [-0.4, -0.2) is 52.3 Å². The van der Waals surface area contributed by atoms with E-state index in [1.165, 1.54) is 0 Å². The van der Waals surface area contributed by atoms with E-state index in [1.807, 2.05) is 53.6 Å². The molecule has 1 aliphatic heterocycles. The number of nitrogens with zero attached hydrogens (tertiary/aromatic N) is 3. The molecule has 8 nitrogen and oxygen atoms in total. The molecule has 1 saturated heterocycles. The highest BCUT2D eigenvalue weighted by molar-refractivity contribution is 6.03. The molecule has 3 unspecified atom stereocenters. The second kappa shape index (κ2) is 10.8. The van der Waals surface area contributed by atoms with Gasteiger partial charge >= 0.3 is 0 Å². The normalized spacial score (nSPS) is 21.0. The number of hydrogen-bond acceptors (Lipinski definition) is 5. The Morgan fingerprint density at radius 3 is 2.78 bits per heavy atom. The van der Waals surface area contributed by atoms with Crippen LogP contribution in [0.4, 0.5) is 5.69 Å². The number of para-hydroxylation sites is 1. The molecule has 2 fully saturated rings. The Balaban J connectivity index is 1.31. The summed E-state index contributed by atoms with van der Waals surface area (Å²) in [5.74, 6) is 1.23. The van der Waals surface area contributed by atoms with Crippen molar-refractivity contribution in [3.63, 3.8) is 0 Å². The largest absolute Gasteiger partial charge is 0.496 e. The summed E-state index contributed by atoms with van der Waals surface area (Å²) >= 11 is 0. The predicted octanol–water partition coefficient (Wildman–Crippen LogP) is 4.38. The van der Waals surface area contributed by atoms with Gasteiger partial charge in [0.2, 0.25) is 5.91 Å². The molecular formula is C28H32N4O4. The van der Waals surface area contributed by atoms with Gasteiger partial charge in [-0.3, -0.25) is 14.3 Å². The van der Waals surface area contributed by atoms with Crippen LogP contribution in [0.2, 0.25) is 0 Å². The molecule has 36 heavy (non-hydrogen) atoms. The Morgan fingerprint density at radius 1 is 1.08 bits per heavy atom. The Morgan fingerprint density at radius 2 is 1.94 bits per heavy atom. The maximum absolute atomic E-state index is 13.8. The van der Waals surface area contributed by atoms with Crippen molar-refractivity contribution in [1.82, 2.24) is 14.7 Å². The molecule has 0 spiro atoms. The molecular weight excluding hydrogens is 456 g/mol. The highest BCUT2D eigenvalue weighted by Crippen LogP contribution is 2.41. The molecule has 3 atom stereocenters. The highest BCUT2D eigenvalue weighted by Gasteiger charge is 2.48. The molecule has 2 aromatic carbocycles. The molecule has 0 radical (unpaired) electrons. The van der Waals surface area contributed by atoms with Crippen LogP contribution >= 0.6 is 0 Å². The molecule has 1 N–H and O–H groups in total. The molecule has 5 rings (SSSR count). The number of ether oxygens (including phenoxy) is 2. The third-order valence-electron chi connectivity index (χ3n) is 7.21. The molecule has 2 amide bonds. The predicted molar refractivity (Wildman–Crippen MR) is 136 cm³/mol. The lowest BCUT2D eigenvalue weighted by Crippen LogP contribution is -2.48. The first kappa shape index (κ1) is 23.9. The van der Waals surface area contributed by atoms with Crippen molar-refractivity contribution in [2.45, 2.75) is 50.7 Å². The average Bonchev–Trinajstić information content (AvgIpc) is 3.56. The van der Waals surface area contributed by atoms with Crippen molar-refractivity contribution in [1.29, 1.82) is 0 Å². The number of hydrogen-bond donors (Lipinski definition) is 1. The zero-order valence-corrected chi connectivity index (χ0v) is 20.5. The Bertz CT molecular complexity index is 1200. The van der Waals surface area contributed by atoms with Crippen LogP contribution < -0.4 is 14.8 Å². The maximum Gasteiger partial charge on any atom is 0.258 e. The van der Waals surface area contributed by atoms with Gasteiger partial charge in [0.25, 0.3) is 5.91 Å². The number of nitrogens with one attached hydrogen (secondary N) is 1. The molecule has 1 aliphatic carbocycles. The summed E-state index contributed by atoms with van der Waals surface area (Å²) in [7, 11) is 1.56. The molecule has 188 valence electrons. The number of amides is 2. The van der Waals surface area contributed by atoms with Crippen molar-refractivity contribution >= 4 is 17.5 Å². The second-order valence-electron chi connectivity index (χ2n) is 9.41. The third-order valence-corrected chi connectivity index (χ3v) is 7.21. The standard InChI is InChI=1S/C28H32N4O4/c1-35-26-13-5-3-11-23(26)28(34)32-24-12-4-2-8-20(24)18-25(32)27(33)30-21-9-6-10-22(19-21)36-17-16-31-15-7-14-29-31/h3,5-7,9-11,13-15,19-20,24-25H,2,4,8,12,16-18H2,1H3,(H,30,33). The van der Waals surface area contributed by atoms with E-state index in [4.69, 9.17) is 9.47 Å². The fraction of sp³-hybridized carbons (Fsp3) is 0.393. The van der Waals surface area contributed by atoms with E-state index in [0.717, 1.165) is 25.7 Å². The van der Waals surface area contributed by atoms with Crippen molar-refractivity contribution in [3.8, 4) is 11.5 Å². The Labute approximate surface area is 211 Å². The lowest BCUT2D eigenvalue weighted by molar-refractivity contribution is -0.120. The summed E-state index contributed by atoms with van der Waals surface area (Å²) < 4.78 is 13.1. The minimum absolute atomic E-state index is 0.0730. The smallest absolute Gasteiger partial charge is 0.258 e. The van der Waals surface area contributed by atoms with E-state index in [2.05, 4.69) is 10.4 Å². The van der Waals surface area contributed by atoms with Gasteiger partial charge < -0.3 is 19.7 Å². The fourth-order valence-corrected chi connectivity index (χ4v) is 5.53. The zero-order chi connectivity index (χ0) is 24.9. The average molecular weight is 489 g/mol. The number of carbonyl (C=O) groups is 2. The van der Waals surface area contributed by atoms with Crippen LogP contribution in [0.25, 0.3) is 0 Å². The first-order valence-electron chi connectivity index (χ1n) is 12.6. The van der Waals surface area contributed by atoms with Gasteiger partial charge in [0.05, 0.1) is 19.2 Å². The Hall–Kier alpha value is -3.81. The number of methoxy groups -OCH3 is 1. The van der Waals surface area contributed by atoms with Gasteiger partial charge in [0.1, 0.15) is 24.1 Å². The van der Waals surface area contributed by atoms with Crippen molar-refractivity contribution in [2.24, 2.45) is 5.92 Å². The molecule has 3 aromatic rings. The lowest BCUT2D eigenvalue weighted by Gasteiger charge is -2.34. The minimum atomic E-state index is -0.528. The quantitative estimate of drug-likeness (QED) is 0.509. The van der Waals surface area contributed by atoms with Crippen LogP contribution in [0.1, 0.15) is 42.5 Å². The number of carbonyl (C=O) groups excluding carboxylic acids is 2. The minimum Gasteiger partial charge on any atom is -0.496 e. The van der Waals surface area contributed by atoms with Gasteiger partial charge in [0.15, 0.2) is 0 Å². The second-order valence-corrected chi connectivity index (χ2v) is 9.41. The summed E-state index contributed by atoms with van der Waals surface area (Å²) in [6.07, 6.45) is 8.48. The summed E-state index contributed by atoms with van der Waals surface area (Å²) in [6.45, 7) is 1.10. The van der Waals surface area contributed by atoms with Crippen molar-refractivity contribution in [2.75, 3.05) is 19.0 Å². The van der Waals surface area contributed by atoms with E-state index in [1.54, 1.807) is 30.1 Å².